The molecule has 0 fully saturated rings. The van der Waals surface area contributed by atoms with Crippen LogP contribution >= 0.6 is 0 Å². The lowest BCUT2D eigenvalue weighted by Gasteiger charge is -2.16. The zero-order valence-corrected chi connectivity index (χ0v) is 17.8. The lowest BCUT2D eigenvalue weighted by molar-refractivity contribution is 0.466. The molecule has 0 aliphatic heterocycles. The van der Waals surface area contributed by atoms with Crippen molar-refractivity contribution in [1.82, 2.24) is 0 Å². The molecular formula is C28H18N2O4. The Bertz CT molecular complexity index is 1580. The lowest BCUT2D eigenvalue weighted by Crippen LogP contribution is -1.97. The summed E-state index contributed by atoms with van der Waals surface area (Å²) in [5.74, 6) is 9.28. The highest BCUT2D eigenvalue weighted by molar-refractivity contribution is 6.00. The summed E-state index contributed by atoms with van der Waals surface area (Å²) in [5, 5.41) is 20.5. The van der Waals surface area contributed by atoms with Crippen LogP contribution in [0.25, 0.3) is 10.8 Å². The van der Waals surface area contributed by atoms with Crippen LogP contribution in [0.4, 0.5) is 11.4 Å². The van der Waals surface area contributed by atoms with Crippen molar-refractivity contribution in [1.29, 1.82) is 0 Å². The molecule has 164 valence electrons. The standard InChI is InChI=1S/C28H18N2O4/c1-4-16-12-27(34-19-8-10-26(32)24(30)15-19)21(6-3)28-17(5-2)11-20(13-22(16)28)33-18-7-9-25(31)23(29)14-18/h1-3,7-15,31-32H,29-30H2. The van der Waals surface area contributed by atoms with Crippen LogP contribution in [0.1, 0.15) is 16.7 Å². The number of nitrogens with two attached hydrogens (primary N) is 2. The Kier molecular flexibility index (Phi) is 5.54. The van der Waals surface area contributed by atoms with Crippen LogP contribution in [-0.4, -0.2) is 10.2 Å². The van der Waals surface area contributed by atoms with Gasteiger partial charge in [-0.2, -0.15) is 0 Å². The molecule has 6 nitrogen and oxygen atoms in total. The van der Waals surface area contributed by atoms with E-state index >= 15 is 0 Å². The first kappa shape index (κ1) is 21.8. The maximum absolute atomic E-state index is 9.67. The van der Waals surface area contributed by atoms with Gasteiger partial charge in [0.15, 0.2) is 0 Å². The molecule has 0 amide bonds. The monoisotopic (exact) mass is 446 g/mol. The molecule has 0 saturated carbocycles. The summed E-state index contributed by atoms with van der Waals surface area (Å²) in [7, 11) is 0. The van der Waals surface area contributed by atoms with Gasteiger partial charge in [-0.25, -0.2) is 0 Å². The summed E-state index contributed by atoms with van der Waals surface area (Å²) in [6, 6.07) is 13.9. The molecule has 0 unspecified atom stereocenters. The van der Waals surface area contributed by atoms with Crippen LogP contribution in [-0.2, 0) is 0 Å². The van der Waals surface area contributed by atoms with Crippen LogP contribution in [0.15, 0.2) is 54.6 Å². The molecule has 34 heavy (non-hydrogen) atoms. The number of hydrogen-bond donors (Lipinski definition) is 4. The molecule has 0 heterocycles. The van der Waals surface area contributed by atoms with Crippen molar-refractivity contribution in [2.24, 2.45) is 0 Å². The second-order valence-corrected chi connectivity index (χ2v) is 7.27. The molecule has 0 atom stereocenters. The predicted molar refractivity (Wildman–Crippen MR) is 133 cm³/mol. The summed E-state index contributed by atoms with van der Waals surface area (Å²) in [6.07, 6.45) is 17.5. The minimum atomic E-state index is -0.0649. The average molecular weight is 446 g/mol. The van der Waals surface area contributed by atoms with Crippen LogP contribution in [0.5, 0.6) is 34.5 Å². The van der Waals surface area contributed by atoms with Gasteiger partial charge >= 0.3 is 0 Å². The Balaban J connectivity index is 1.88. The molecule has 4 aromatic rings. The van der Waals surface area contributed by atoms with Crippen molar-refractivity contribution in [3.8, 4) is 71.5 Å². The SMILES string of the molecule is C#Cc1cc(Oc2ccc(O)c(N)c2)c(C#C)c2c(C#C)cc(Oc3ccc(O)c(N)c3)cc12. The topological polar surface area (TPSA) is 111 Å². The van der Waals surface area contributed by atoms with Gasteiger partial charge in [0.25, 0.3) is 0 Å². The summed E-state index contributed by atoms with van der Waals surface area (Å²) in [4.78, 5) is 0. The number of anilines is 2. The third-order valence-electron chi connectivity index (χ3n) is 5.09. The quantitative estimate of drug-likeness (QED) is 0.201. The van der Waals surface area contributed by atoms with Gasteiger partial charge in [-0.05, 0) is 42.5 Å². The Morgan fingerprint density at radius 2 is 1.24 bits per heavy atom. The molecule has 0 aliphatic rings. The Morgan fingerprint density at radius 1 is 0.647 bits per heavy atom. The van der Waals surface area contributed by atoms with Crippen molar-refractivity contribution >= 4 is 22.1 Å². The lowest BCUT2D eigenvalue weighted by atomic mass is 9.94. The van der Waals surface area contributed by atoms with E-state index < -0.39 is 0 Å². The highest BCUT2D eigenvalue weighted by atomic mass is 16.5. The number of ether oxygens (including phenoxy) is 2. The first-order chi connectivity index (χ1) is 16.3. The molecule has 0 radical (unpaired) electrons. The normalized spacial score (nSPS) is 10.1. The molecule has 0 spiro atoms. The van der Waals surface area contributed by atoms with Crippen LogP contribution in [0.3, 0.4) is 0 Å². The van der Waals surface area contributed by atoms with Gasteiger partial charge in [0, 0.05) is 34.0 Å². The van der Waals surface area contributed by atoms with Crippen molar-refractivity contribution in [2.45, 2.75) is 0 Å². The van der Waals surface area contributed by atoms with Gasteiger partial charge in [0.1, 0.15) is 34.5 Å². The Labute approximate surface area is 196 Å². The van der Waals surface area contributed by atoms with Gasteiger partial charge in [-0.15, -0.1) is 19.3 Å². The van der Waals surface area contributed by atoms with Crippen LogP contribution in [0, 0.1) is 37.0 Å². The van der Waals surface area contributed by atoms with E-state index in [4.69, 9.17) is 40.2 Å². The summed E-state index contributed by atoms with van der Waals surface area (Å²) in [5.41, 5.74) is 13.2. The van der Waals surface area contributed by atoms with Crippen molar-refractivity contribution in [2.75, 3.05) is 11.5 Å². The smallest absolute Gasteiger partial charge is 0.144 e. The predicted octanol–water partition coefficient (Wildman–Crippen LogP) is 4.94. The number of nitrogen functional groups attached to an aromatic ring is 2. The van der Waals surface area contributed by atoms with Gasteiger partial charge in [-0.3, -0.25) is 0 Å². The first-order valence-corrected chi connectivity index (χ1v) is 9.92. The van der Waals surface area contributed by atoms with Crippen LogP contribution in [0.2, 0.25) is 0 Å². The zero-order chi connectivity index (χ0) is 24.4. The second-order valence-electron chi connectivity index (χ2n) is 7.27. The molecule has 0 aliphatic carbocycles. The fraction of sp³-hybridized carbons (Fsp3) is 0. The van der Waals surface area contributed by atoms with Gasteiger partial charge in [0.05, 0.1) is 16.9 Å². The van der Waals surface area contributed by atoms with Crippen LogP contribution < -0.4 is 20.9 Å². The van der Waals surface area contributed by atoms with E-state index in [1.807, 2.05) is 0 Å². The largest absolute Gasteiger partial charge is 0.506 e. The van der Waals surface area contributed by atoms with Gasteiger partial charge < -0.3 is 31.2 Å². The number of phenolic OH excluding ortho intramolecular Hbond substituents is 2. The Morgan fingerprint density at radius 3 is 1.76 bits per heavy atom. The van der Waals surface area contributed by atoms with Gasteiger partial charge in [-0.1, -0.05) is 17.8 Å². The highest BCUT2D eigenvalue weighted by Gasteiger charge is 2.17. The minimum absolute atomic E-state index is 0.0497. The number of phenols is 2. The molecule has 4 aromatic carbocycles. The van der Waals surface area contributed by atoms with Crippen molar-refractivity contribution < 1.29 is 19.7 Å². The minimum Gasteiger partial charge on any atom is -0.506 e. The molecule has 4 rings (SSSR count). The number of fused-ring (bicyclic) bond motifs is 1. The van der Waals surface area contributed by atoms with E-state index in [-0.39, 0.29) is 22.9 Å². The third kappa shape index (κ3) is 3.94. The molecule has 0 saturated heterocycles. The second kappa shape index (κ2) is 8.63. The summed E-state index contributed by atoms with van der Waals surface area (Å²) < 4.78 is 11.9. The summed E-state index contributed by atoms with van der Waals surface area (Å²) >= 11 is 0. The molecule has 6 heteroatoms. The summed E-state index contributed by atoms with van der Waals surface area (Å²) in [6.45, 7) is 0. The number of aromatic hydroxyl groups is 2. The zero-order valence-electron chi connectivity index (χ0n) is 17.8. The number of rotatable bonds is 4. The highest BCUT2D eigenvalue weighted by Crippen LogP contribution is 2.39. The van der Waals surface area contributed by atoms with E-state index in [0.29, 0.717) is 50.5 Å². The molecule has 0 aromatic heterocycles. The molecular weight excluding hydrogens is 428 g/mol. The maximum Gasteiger partial charge on any atom is 0.144 e. The number of terminal acetylenes is 3. The van der Waals surface area contributed by atoms with E-state index in [0.717, 1.165) is 0 Å². The Hall–Kier alpha value is -5.38. The van der Waals surface area contributed by atoms with E-state index in [1.165, 1.54) is 24.3 Å². The van der Waals surface area contributed by atoms with E-state index in [9.17, 15) is 10.2 Å². The van der Waals surface area contributed by atoms with Crippen molar-refractivity contribution in [3.63, 3.8) is 0 Å². The number of hydrogen-bond acceptors (Lipinski definition) is 6. The van der Waals surface area contributed by atoms with Gasteiger partial charge in [0.2, 0.25) is 0 Å². The molecule has 6 N–H and O–H groups in total. The average Bonchev–Trinajstić information content (AvgIpc) is 2.83. The maximum atomic E-state index is 9.67. The van der Waals surface area contributed by atoms with Crippen molar-refractivity contribution in [3.05, 3.63) is 71.3 Å². The number of benzene rings is 4. The van der Waals surface area contributed by atoms with E-state index in [1.54, 1.807) is 30.3 Å². The fourth-order valence-electron chi connectivity index (χ4n) is 3.47. The first-order valence-electron chi connectivity index (χ1n) is 9.92. The molecule has 0 bridgehead atoms. The fourth-order valence-corrected chi connectivity index (χ4v) is 3.47. The van der Waals surface area contributed by atoms with E-state index in [2.05, 4.69) is 17.8 Å². The third-order valence-corrected chi connectivity index (χ3v) is 5.09.